The predicted molar refractivity (Wildman–Crippen MR) is 87.7 cm³/mol. The molecule has 0 radical (unpaired) electrons. The summed E-state index contributed by atoms with van der Waals surface area (Å²) < 4.78 is 6.01. The first kappa shape index (κ1) is 16.7. The fourth-order valence-corrected chi connectivity index (χ4v) is 2.39. The van der Waals surface area contributed by atoms with Crippen LogP contribution in [0.25, 0.3) is 0 Å². The molecule has 7 nitrogen and oxygen atoms in total. The van der Waals surface area contributed by atoms with Crippen LogP contribution in [-0.4, -0.2) is 15.9 Å². The van der Waals surface area contributed by atoms with Gasteiger partial charge in [-0.15, -0.1) is 0 Å². The van der Waals surface area contributed by atoms with Crippen molar-refractivity contribution in [3.05, 3.63) is 46.8 Å². The van der Waals surface area contributed by atoms with Crippen LogP contribution in [0, 0.1) is 13.8 Å². The molecule has 2 rings (SSSR count). The third-order valence-electron chi connectivity index (χ3n) is 3.44. The van der Waals surface area contributed by atoms with E-state index < -0.39 is 12.0 Å². The number of hydrogen-bond acceptors (Lipinski definition) is 6. The number of hydrazine groups is 1. The molecule has 0 bridgehead atoms. The summed E-state index contributed by atoms with van der Waals surface area (Å²) in [5.41, 5.74) is 10.1. The number of aromatic nitrogens is 2. The lowest BCUT2D eigenvalue weighted by Gasteiger charge is -2.20. The summed E-state index contributed by atoms with van der Waals surface area (Å²) in [4.78, 5) is 20.3. The summed E-state index contributed by atoms with van der Waals surface area (Å²) >= 11 is 0. The second-order valence-electron chi connectivity index (χ2n) is 5.23. The maximum Gasteiger partial charge on any atom is 0.269 e. The Bertz CT molecular complexity index is 718. The number of carbonyl (C=O) groups is 1. The Morgan fingerprint density at radius 2 is 2.09 bits per heavy atom. The fourth-order valence-electron chi connectivity index (χ4n) is 2.39. The van der Waals surface area contributed by atoms with E-state index in [2.05, 4.69) is 15.4 Å². The zero-order chi connectivity index (χ0) is 17.0. The number of amides is 1. The molecular formula is C16H21N5O2. The van der Waals surface area contributed by atoms with Crippen molar-refractivity contribution in [2.75, 3.05) is 5.73 Å². The number of hydrogen-bond donors (Lipinski definition) is 3. The number of nitrogens with zero attached hydrogens (tertiary/aromatic N) is 2. The molecule has 1 amide bonds. The van der Waals surface area contributed by atoms with Crippen molar-refractivity contribution in [3.8, 4) is 5.75 Å². The van der Waals surface area contributed by atoms with E-state index in [1.807, 2.05) is 38.1 Å². The third kappa shape index (κ3) is 3.75. The van der Waals surface area contributed by atoms with Gasteiger partial charge in [0.25, 0.3) is 5.91 Å². The van der Waals surface area contributed by atoms with Crippen LogP contribution in [-0.2, 0) is 0 Å². The number of benzene rings is 1. The lowest BCUT2D eigenvalue weighted by molar-refractivity contribution is 0.0945. The van der Waals surface area contributed by atoms with E-state index in [0.29, 0.717) is 29.1 Å². The van der Waals surface area contributed by atoms with Gasteiger partial charge in [0.05, 0.1) is 17.0 Å². The van der Waals surface area contributed by atoms with Gasteiger partial charge in [0.2, 0.25) is 5.95 Å². The van der Waals surface area contributed by atoms with Gasteiger partial charge in [0.15, 0.2) is 0 Å². The molecule has 0 aliphatic rings. The zero-order valence-corrected chi connectivity index (χ0v) is 13.5. The van der Waals surface area contributed by atoms with Crippen molar-refractivity contribution in [2.45, 2.75) is 33.3 Å². The van der Waals surface area contributed by atoms with Crippen molar-refractivity contribution in [1.82, 2.24) is 15.4 Å². The highest BCUT2D eigenvalue weighted by atomic mass is 16.5. The molecule has 7 heteroatoms. The Labute approximate surface area is 135 Å². The summed E-state index contributed by atoms with van der Waals surface area (Å²) in [5.74, 6) is 5.59. The van der Waals surface area contributed by atoms with Gasteiger partial charge >= 0.3 is 0 Å². The van der Waals surface area contributed by atoms with Crippen molar-refractivity contribution >= 4 is 11.9 Å². The first-order chi connectivity index (χ1) is 11.0. The fraction of sp³-hybridized carbons (Fsp3) is 0.312. The van der Waals surface area contributed by atoms with Gasteiger partial charge in [-0.3, -0.25) is 10.2 Å². The van der Waals surface area contributed by atoms with Gasteiger partial charge in [0.1, 0.15) is 11.9 Å². The third-order valence-corrected chi connectivity index (χ3v) is 3.44. The number of nitrogens with one attached hydrogen (secondary N) is 1. The molecule has 0 spiro atoms. The number of ether oxygens (including phenoxy) is 1. The molecule has 0 saturated heterocycles. The van der Waals surface area contributed by atoms with Crippen LogP contribution in [0.3, 0.4) is 0 Å². The van der Waals surface area contributed by atoms with E-state index in [1.54, 1.807) is 6.92 Å². The Morgan fingerprint density at radius 1 is 1.35 bits per heavy atom. The van der Waals surface area contributed by atoms with Crippen molar-refractivity contribution in [3.63, 3.8) is 0 Å². The second kappa shape index (κ2) is 7.06. The number of aryl methyl sites for hydroxylation is 2. The number of nitrogen functional groups attached to an aromatic ring is 2. The standard InChI is InChI=1S/C16H21N5O2/c1-4-12(23-11-7-5-6-9(2)8-11)14-13(15(22)21-18)10(3)19-16(17)20-14/h5-8,12H,4,18H2,1-3H3,(H,21,22)(H2,17,19,20). The number of anilines is 1. The van der Waals surface area contributed by atoms with Crippen LogP contribution >= 0.6 is 0 Å². The van der Waals surface area contributed by atoms with E-state index >= 15 is 0 Å². The van der Waals surface area contributed by atoms with E-state index in [4.69, 9.17) is 16.3 Å². The molecule has 2 aromatic rings. The van der Waals surface area contributed by atoms with Crippen LogP contribution < -0.4 is 21.7 Å². The lowest BCUT2D eigenvalue weighted by atomic mass is 10.0. The summed E-state index contributed by atoms with van der Waals surface area (Å²) in [6.45, 7) is 5.61. The summed E-state index contributed by atoms with van der Waals surface area (Å²) in [7, 11) is 0. The van der Waals surface area contributed by atoms with Crippen LogP contribution in [0.1, 0.15) is 46.8 Å². The zero-order valence-electron chi connectivity index (χ0n) is 13.5. The van der Waals surface area contributed by atoms with Crippen LogP contribution in [0.5, 0.6) is 5.75 Å². The van der Waals surface area contributed by atoms with Crippen molar-refractivity contribution < 1.29 is 9.53 Å². The largest absolute Gasteiger partial charge is 0.484 e. The lowest BCUT2D eigenvalue weighted by Crippen LogP contribution is -2.33. The van der Waals surface area contributed by atoms with Gasteiger partial charge in [-0.25, -0.2) is 15.8 Å². The van der Waals surface area contributed by atoms with Crippen LogP contribution in [0.4, 0.5) is 5.95 Å². The van der Waals surface area contributed by atoms with Crippen molar-refractivity contribution in [1.29, 1.82) is 0 Å². The molecule has 0 aliphatic carbocycles. The molecule has 1 aromatic heterocycles. The highest BCUT2D eigenvalue weighted by molar-refractivity contribution is 5.96. The molecule has 23 heavy (non-hydrogen) atoms. The maximum atomic E-state index is 12.1. The molecule has 0 saturated carbocycles. The van der Waals surface area contributed by atoms with Gasteiger partial charge in [-0.1, -0.05) is 19.1 Å². The average molecular weight is 315 g/mol. The smallest absolute Gasteiger partial charge is 0.269 e. The van der Waals surface area contributed by atoms with E-state index in [0.717, 1.165) is 5.56 Å². The molecule has 122 valence electrons. The summed E-state index contributed by atoms with van der Waals surface area (Å²) in [6, 6.07) is 7.66. The topological polar surface area (TPSA) is 116 Å². The monoisotopic (exact) mass is 315 g/mol. The average Bonchev–Trinajstić information content (AvgIpc) is 2.51. The maximum absolute atomic E-state index is 12.1. The molecule has 1 aromatic carbocycles. The van der Waals surface area contributed by atoms with E-state index in [-0.39, 0.29) is 5.95 Å². The number of nitrogens with two attached hydrogens (primary N) is 2. The Balaban J connectivity index is 2.46. The molecular weight excluding hydrogens is 294 g/mol. The van der Waals surface area contributed by atoms with Gasteiger partial charge in [-0.05, 0) is 38.0 Å². The Morgan fingerprint density at radius 3 is 2.70 bits per heavy atom. The van der Waals surface area contributed by atoms with Crippen LogP contribution in [0.15, 0.2) is 24.3 Å². The molecule has 0 fully saturated rings. The van der Waals surface area contributed by atoms with Crippen LogP contribution in [0.2, 0.25) is 0 Å². The van der Waals surface area contributed by atoms with Crippen molar-refractivity contribution in [2.24, 2.45) is 5.84 Å². The molecule has 5 N–H and O–H groups in total. The molecule has 1 atom stereocenters. The number of carbonyl (C=O) groups excluding carboxylic acids is 1. The van der Waals surface area contributed by atoms with E-state index in [1.165, 1.54) is 0 Å². The first-order valence-corrected chi connectivity index (χ1v) is 7.34. The Kier molecular flexibility index (Phi) is 5.13. The highest BCUT2D eigenvalue weighted by Crippen LogP contribution is 2.28. The van der Waals surface area contributed by atoms with Gasteiger partial charge in [-0.2, -0.15) is 0 Å². The first-order valence-electron chi connectivity index (χ1n) is 7.34. The van der Waals surface area contributed by atoms with Gasteiger partial charge < -0.3 is 10.5 Å². The molecule has 1 heterocycles. The number of rotatable bonds is 5. The summed E-state index contributed by atoms with van der Waals surface area (Å²) in [5, 5.41) is 0. The summed E-state index contributed by atoms with van der Waals surface area (Å²) in [6.07, 6.45) is 0.169. The minimum absolute atomic E-state index is 0.0948. The minimum atomic E-state index is -0.469. The molecule has 0 aliphatic heterocycles. The Hall–Kier alpha value is -2.67. The highest BCUT2D eigenvalue weighted by Gasteiger charge is 2.24. The van der Waals surface area contributed by atoms with Gasteiger partial charge in [0, 0.05) is 0 Å². The SMILES string of the molecule is CCC(Oc1cccc(C)c1)c1nc(N)nc(C)c1C(=O)NN. The van der Waals surface area contributed by atoms with E-state index in [9.17, 15) is 4.79 Å². The quantitative estimate of drug-likeness (QED) is 0.440. The second-order valence-corrected chi connectivity index (χ2v) is 5.23. The predicted octanol–water partition coefficient (Wildman–Crippen LogP) is 1.81. The molecule has 1 unspecified atom stereocenters. The normalized spacial score (nSPS) is 11.8. The minimum Gasteiger partial charge on any atom is -0.484 e.